The first-order chi connectivity index (χ1) is 13.5. The summed E-state index contributed by atoms with van der Waals surface area (Å²) in [7, 11) is 0. The summed E-state index contributed by atoms with van der Waals surface area (Å²) in [6.45, 7) is 12.4. The molecule has 0 aromatic heterocycles. The molecular formula is C27H54O. The topological polar surface area (TPSA) is 9.23 Å². The van der Waals surface area contributed by atoms with Gasteiger partial charge in [-0.05, 0) is 58.3 Å². The minimum atomic E-state index is 0.0520. The van der Waals surface area contributed by atoms with Crippen molar-refractivity contribution in [2.45, 2.75) is 149 Å². The molecular weight excluding hydrogens is 340 g/mol. The maximum absolute atomic E-state index is 6.16. The lowest BCUT2D eigenvalue weighted by Gasteiger charge is -2.28. The van der Waals surface area contributed by atoms with E-state index in [1.54, 1.807) is 0 Å². The molecule has 0 saturated carbocycles. The molecule has 0 fully saturated rings. The summed E-state index contributed by atoms with van der Waals surface area (Å²) < 4.78 is 6.16. The summed E-state index contributed by atoms with van der Waals surface area (Å²) in [5.74, 6) is 0.778. The average Bonchev–Trinajstić information content (AvgIpc) is 2.64. The Bertz CT molecular complexity index is 331. The number of unbranched alkanes of at least 4 members (excludes halogenated alkanes) is 12. The number of rotatable bonds is 21. The van der Waals surface area contributed by atoms with Gasteiger partial charge in [0.15, 0.2) is 0 Å². The van der Waals surface area contributed by atoms with Crippen LogP contribution < -0.4 is 0 Å². The van der Waals surface area contributed by atoms with Gasteiger partial charge < -0.3 is 4.74 Å². The van der Waals surface area contributed by atoms with Gasteiger partial charge >= 0.3 is 0 Å². The summed E-state index contributed by atoms with van der Waals surface area (Å²) >= 11 is 0. The number of ether oxygens (including phenoxy) is 1. The fourth-order valence-corrected chi connectivity index (χ4v) is 4.19. The lowest BCUT2D eigenvalue weighted by Crippen LogP contribution is -2.27. The van der Waals surface area contributed by atoms with Crippen LogP contribution >= 0.6 is 0 Å². The first-order valence-corrected chi connectivity index (χ1v) is 12.8. The first kappa shape index (κ1) is 27.7. The van der Waals surface area contributed by atoms with Crippen LogP contribution in [0.3, 0.4) is 0 Å². The van der Waals surface area contributed by atoms with Crippen LogP contribution in [0, 0.1) is 5.92 Å². The molecule has 0 N–H and O–H groups in total. The molecule has 0 rings (SSSR count). The van der Waals surface area contributed by atoms with Crippen molar-refractivity contribution in [3.63, 3.8) is 0 Å². The summed E-state index contributed by atoms with van der Waals surface area (Å²) in [6, 6.07) is 0. The minimum absolute atomic E-state index is 0.0520. The van der Waals surface area contributed by atoms with E-state index in [9.17, 15) is 0 Å². The van der Waals surface area contributed by atoms with Crippen molar-refractivity contribution < 1.29 is 4.74 Å². The Labute approximate surface area is 179 Å². The monoisotopic (exact) mass is 394 g/mol. The third-order valence-electron chi connectivity index (χ3n) is 5.77. The van der Waals surface area contributed by atoms with Crippen LogP contribution in [-0.4, -0.2) is 12.2 Å². The van der Waals surface area contributed by atoms with Gasteiger partial charge in [0, 0.05) is 6.61 Å². The van der Waals surface area contributed by atoms with Gasteiger partial charge in [-0.2, -0.15) is 0 Å². The third kappa shape index (κ3) is 20.4. The molecule has 1 unspecified atom stereocenters. The van der Waals surface area contributed by atoms with E-state index < -0.39 is 0 Å². The van der Waals surface area contributed by atoms with Crippen LogP contribution in [0.25, 0.3) is 0 Å². The van der Waals surface area contributed by atoms with Gasteiger partial charge in [0.2, 0.25) is 0 Å². The van der Waals surface area contributed by atoms with Crippen molar-refractivity contribution in [2.75, 3.05) is 6.61 Å². The minimum Gasteiger partial charge on any atom is -0.376 e. The summed E-state index contributed by atoms with van der Waals surface area (Å²) in [5, 5.41) is 0. The van der Waals surface area contributed by atoms with Crippen molar-refractivity contribution in [3.05, 3.63) is 12.2 Å². The van der Waals surface area contributed by atoms with Gasteiger partial charge in [-0.15, -0.1) is 0 Å². The quantitative estimate of drug-likeness (QED) is 0.139. The van der Waals surface area contributed by atoms with E-state index in [0.717, 1.165) is 12.5 Å². The standard InChI is InChI=1S/C27H54O/c1-6-8-9-10-11-12-13-14-15-16-17-18-19-20-21-22-24-28-27(4,5)25-26(3)23-7-2/h14-15,26H,6-13,16-25H2,1-5H3/b15-14-. The fourth-order valence-electron chi connectivity index (χ4n) is 4.19. The maximum atomic E-state index is 6.16. The molecule has 1 nitrogen and oxygen atoms in total. The highest BCUT2D eigenvalue weighted by molar-refractivity contribution is 4.81. The van der Waals surface area contributed by atoms with Crippen molar-refractivity contribution in [1.82, 2.24) is 0 Å². The lowest BCUT2D eigenvalue weighted by atomic mass is 9.91. The molecule has 0 aliphatic heterocycles. The van der Waals surface area contributed by atoms with E-state index in [4.69, 9.17) is 4.74 Å². The van der Waals surface area contributed by atoms with Crippen molar-refractivity contribution in [2.24, 2.45) is 5.92 Å². The van der Waals surface area contributed by atoms with Gasteiger partial charge in [-0.3, -0.25) is 0 Å². The molecule has 0 aliphatic carbocycles. The lowest BCUT2D eigenvalue weighted by molar-refractivity contribution is -0.0349. The van der Waals surface area contributed by atoms with Gasteiger partial charge in [0.1, 0.15) is 0 Å². The van der Waals surface area contributed by atoms with Crippen LogP contribution in [0.15, 0.2) is 12.2 Å². The molecule has 0 heterocycles. The second-order valence-corrected chi connectivity index (χ2v) is 9.64. The van der Waals surface area contributed by atoms with E-state index in [1.807, 2.05) is 0 Å². The predicted octanol–water partition coefficient (Wildman–Crippen LogP) is 9.65. The Balaban J connectivity index is 3.34. The summed E-state index contributed by atoms with van der Waals surface area (Å²) in [5.41, 5.74) is 0.0520. The summed E-state index contributed by atoms with van der Waals surface area (Å²) in [6.07, 6.45) is 27.7. The zero-order valence-electron chi connectivity index (χ0n) is 20.4. The van der Waals surface area contributed by atoms with E-state index >= 15 is 0 Å². The molecule has 0 aromatic carbocycles. The van der Waals surface area contributed by atoms with E-state index in [0.29, 0.717) is 0 Å². The molecule has 168 valence electrons. The van der Waals surface area contributed by atoms with Gasteiger partial charge in [-0.1, -0.05) is 104 Å². The molecule has 0 bridgehead atoms. The molecule has 0 radical (unpaired) electrons. The molecule has 28 heavy (non-hydrogen) atoms. The van der Waals surface area contributed by atoms with Gasteiger partial charge in [0.25, 0.3) is 0 Å². The molecule has 0 saturated heterocycles. The highest BCUT2D eigenvalue weighted by Gasteiger charge is 2.21. The SMILES string of the molecule is CCCCCCCC/C=C\CCCCCCCCOC(C)(C)CC(C)CCC. The van der Waals surface area contributed by atoms with Crippen LogP contribution in [-0.2, 0) is 4.74 Å². The number of hydrogen-bond donors (Lipinski definition) is 0. The van der Waals surface area contributed by atoms with Crippen LogP contribution in [0.2, 0.25) is 0 Å². The summed E-state index contributed by atoms with van der Waals surface area (Å²) in [4.78, 5) is 0. The van der Waals surface area contributed by atoms with E-state index in [2.05, 4.69) is 46.8 Å². The smallest absolute Gasteiger partial charge is 0.0629 e. The Morgan fingerprint density at radius 1 is 0.679 bits per heavy atom. The van der Waals surface area contributed by atoms with Crippen molar-refractivity contribution in [3.8, 4) is 0 Å². The second kappa shape index (κ2) is 20.0. The van der Waals surface area contributed by atoms with Crippen LogP contribution in [0.5, 0.6) is 0 Å². The normalized spacial score (nSPS) is 13.5. The Morgan fingerprint density at radius 2 is 1.18 bits per heavy atom. The second-order valence-electron chi connectivity index (χ2n) is 9.64. The zero-order chi connectivity index (χ0) is 20.9. The van der Waals surface area contributed by atoms with Crippen LogP contribution in [0.1, 0.15) is 144 Å². The van der Waals surface area contributed by atoms with Gasteiger partial charge in [0.05, 0.1) is 5.60 Å². The van der Waals surface area contributed by atoms with Crippen LogP contribution in [0.4, 0.5) is 0 Å². The molecule has 0 aliphatic rings. The maximum Gasteiger partial charge on any atom is 0.0629 e. The largest absolute Gasteiger partial charge is 0.376 e. The van der Waals surface area contributed by atoms with E-state index in [1.165, 1.54) is 109 Å². The fraction of sp³-hybridized carbons (Fsp3) is 0.926. The highest BCUT2D eigenvalue weighted by atomic mass is 16.5. The molecule has 0 amide bonds. The number of hydrogen-bond acceptors (Lipinski definition) is 1. The average molecular weight is 395 g/mol. The highest BCUT2D eigenvalue weighted by Crippen LogP contribution is 2.24. The Morgan fingerprint density at radius 3 is 1.71 bits per heavy atom. The molecule has 0 spiro atoms. The Kier molecular flexibility index (Phi) is 19.8. The van der Waals surface area contributed by atoms with Crippen molar-refractivity contribution >= 4 is 0 Å². The first-order valence-electron chi connectivity index (χ1n) is 12.8. The third-order valence-corrected chi connectivity index (χ3v) is 5.77. The molecule has 0 aromatic rings. The number of allylic oxidation sites excluding steroid dienone is 2. The Hall–Kier alpha value is -0.300. The molecule has 1 heteroatoms. The van der Waals surface area contributed by atoms with Gasteiger partial charge in [-0.25, -0.2) is 0 Å². The zero-order valence-corrected chi connectivity index (χ0v) is 20.4. The predicted molar refractivity (Wildman–Crippen MR) is 128 cm³/mol. The van der Waals surface area contributed by atoms with E-state index in [-0.39, 0.29) is 5.60 Å². The molecule has 1 atom stereocenters. The van der Waals surface area contributed by atoms with Crippen molar-refractivity contribution in [1.29, 1.82) is 0 Å².